The molecular weight excluding hydrogens is 206 g/mol. The van der Waals surface area contributed by atoms with Crippen molar-refractivity contribution >= 4 is 11.6 Å². The molecule has 1 N–H and O–H groups in total. The minimum absolute atomic E-state index is 0.0503. The zero-order valence-corrected chi connectivity index (χ0v) is 9.23. The Morgan fingerprint density at radius 2 is 2.12 bits per heavy atom. The first-order chi connectivity index (χ1) is 7.76. The zero-order valence-electron chi connectivity index (χ0n) is 9.23. The van der Waals surface area contributed by atoms with Crippen molar-refractivity contribution in [2.24, 2.45) is 0 Å². The number of hydrogen-bond acceptors (Lipinski definition) is 3. The molecule has 4 heteroatoms. The first kappa shape index (κ1) is 12.3. The molecule has 1 rings (SSSR count). The number of carbonyl (C=O) groups excluding carboxylic acids is 1. The topological polar surface area (TPSA) is 47.6 Å². The number of methoxy groups -OCH3 is 1. The average Bonchev–Trinajstić information content (AvgIpc) is 2.28. The standard InChI is InChI=1S/C12H15NO3/c1-3-8-16-11-6-4-10(5-7-11)13-12(14)9-15-2/h3-7H,1,8-9H2,2H3,(H,13,14). The van der Waals surface area contributed by atoms with E-state index in [0.29, 0.717) is 12.3 Å². The molecule has 0 spiro atoms. The fraction of sp³-hybridized carbons (Fsp3) is 0.250. The SMILES string of the molecule is C=CCOc1ccc(NC(=O)COC)cc1. The summed E-state index contributed by atoms with van der Waals surface area (Å²) in [4.78, 5) is 11.2. The van der Waals surface area contributed by atoms with Gasteiger partial charge in [-0.25, -0.2) is 0 Å². The molecule has 0 heterocycles. The largest absolute Gasteiger partial charge is 0.490 e. The van der Waals surface area contributed by atoms with Gasteiger partial charge in [0.25, 0.3) is 0 Å². The number of carbonyl (C=O) groups is 1. The fourth-order valence-corrected chi connectivity index (χ4v) is 1.12. The molecule has 1 aromatic carbocycles. The van der Waals surface area contributed by atoms with Gasteiger partial charge >= 0.3 is 0 Å². The molecule has 0 radical (unpaired) electrons. The first-order valence-corrected chi connectivity index (χ1v) is 4.89. The Kier molecular flexibility index (Phi) is 5.08. The third-order valence-corrected chi connectivity index (χ3v) is 1.78. The summed E-state index contributed by atoms with van der Waals surface area (Å²) >= 11 is 0. The molecule has 16 heavy (non-hydrogen) atoms. The van der Waals surface area contributed by atoms with Crippen LogP contribution in [0.15, 0.2) is 36.9 Å². The van der Waals surface area contributed by atoms with Gasteiger partial charge in [-0.1, -0.05) is 12.7 Å². The number of ether oxygens (including phenoxy) is 2. The van der Waals surface area contributed by atoms with Crippen molar-refractivity contribution in [3.63, 3.8) is 0 Å². The second kappa shape index (κ2) is 6.63. The lowest BCUT2D eigenvalue weighted by Gasteiger charge is -2.06. The Morgan fingerprint density at radius 1 is 1.44 bits per heavy atom. The molecule has 0 aliphatic rings. The summed E-state index contributed by atoms with van der Waals surface area (Å²) in [6.45, 7) is 4.08. The molecule has 1 aromatic rings. The summed E-state index contributed by atoms with van der Waals surface area (Å²) < 4.78 is 10.0. The highest BCUT2D eigenvalue weighted by molar-refractivity contribution is 5.91. The van der Waals surface area contributed by atoms with Gasteiger partial charge in [0.1, 0.15) is 19.0 Å². The number of rotatable bonds is 6. The maximum Gasteiger partial charge on any atom is 0.250 e. The predicted molar refractivity (Wildman–Crippen MR) is 62.6 cm³/mol. The van der Waals surface area contributed by atoms with Crippen molar-refractivity contribution in [3.05, 3.63) is 36.9 Å². The van der Waals surface area contributed by atoms with Crippen LogP contribution in [0.25, 0.3) is 0 Å². The number of hydrogen-bond donors (Lipinski definition) is 1. The van der Waals surface area contributed by atoms with Crippen LogP contribution in [0.5, 0.6) is 5.75 Å². The Labute approximate surface area is 94.9 Å². The van der Waals surface area contributed by atoms with Gasteiger partial charge in [-0.05, 0) is 24.3 Å². The van der Waals surface area contributed by atoms with E-state index in [1.165, 1.54) is 7.11 Å². The molecule has 0 saturated carbocycles. The molecular formula is C12H15NO3. The summed E-state index contributed by atoms with van der Waals surface area (Å²) in [5.41, 5.74) is 0.716. The first-order valence-electron chi connectivity index (χ1n) is 4.89. The van der Waals surface area contributed by atoms with Crippen molar-refractivity contribution in [3.8, 4) is 5.75 Å². The quantitative estimate of drug-likeness (QED) is 0.745. The molecule has 0 aliphatic heterocycles. The molecule has 0 aliphatic carbocycles. The second-order valence-electron chi connectivity index (χ2n) is 3.11. The normalized spacial score (nSPS) is 9.56. The minimum Gasteiger partial charge on any atom is -0.490 e. The third-order valence-electron chi connectivity index (χ3n) is 1.78. The van der Waals surface area contributed by atoms with E-state index in [0.717, 1.165) is 5.75 Å². The Balaban J connectivity index is 2.50. The van der Waals surface area contributed by atoms with E-state index in [1.54, 1.807) is 30.3 Å². The van der Waals surface area contributed by atoms with Gasteiger partial charge in [-0.3, -0.25) is 4.79 Å². The van der Waals surface area contributed by atoms with Gasteiger partial charge in [0.15, 0.2) is 0 Å². The Morgan fingerprint density at radius 3 is 2.69 bits per heavy atom. The number of anilines is 1. The van der Waals surface area contributed by atoms with Crippen LogP contribution >= 0.6 is 0 Å². The molecule has 0 bridgehead atoms. The molecule has 0 aromatic heterocycles. The molecule has 0 saturated heterocycles. The zero-order chi connectivity index (χ0) is 11.8. The summed E-state index contributed by atoms with van der Waals surface area (Å²) in [6.07, 6.45) is 1.67. The van der Waals surface area contributed by atoms with Gasteiger partial charge in [0.05, 0.1) is 0 Å². The lowest BCUT2D eigenvalue weighted by molar-refractivity contribution is -0.119. The van der Waals surface area contributed by atoms with Crippen LogP contribution in [0, 0.1) is 0 Å². The van der Waals surface area contributed by atoms with Gasteiger partial charge in [0.2, 0.25) is 5.91 Å². The molecule has 86 valence electrons. The highest BCUT2D eigenvalue weighted by Gasteiger charge is 2.00. The lowest BCUT2D eigenvalue weighted by Crippen LogP contribution is -2.16. The average molecular weight is 221 g/mol. The van der Waals surface area contributed by atoms with Crippen LogP contribution in [-0.4, -0.2) is 26.2 Å². The second-order valence-corrected chi connectivity index (χ2v) is 3.11. The van der Waals surface area contributed by atoms with Crippen molar-refractivity contribution in [1.29, 1.82) is 0 Å². The predicted octanol–water partition coefficient (Wildman–Crippen LogP) is 1.84. The number of benzene rings is 1. The van der Waals surface area contributed by atoms with E-state index in [4.69, 9.17) is 9.47 Å². The molecule has 1 amide bonds. The Hall–Kier alpha value is -1.81. The van der Waals surface area contributed by atoms with Crippen molar-refractivity contribution in [2.45, 2.75) is 0 Å². The summed E-state index contributed by atoms with van der Waals surface area (Å²) in [5.74, 6) is 0.562. The number of amides is 1. The van der Waals surface area contributed by atoms with E-state index in [-0.39, 0.29) is 12.5 Å². The van der Waals surface area contributed by atoms with Crippen LogP contribution in [-0.2, 0) is 9.53 Å². The maximum absolute atomic E-state index is 11.2. The molecule has 0 atom stereocenters. The van der Waals surface area contributed by atoms with Crippen LogP contribution in [0.1, 0.15) is 0 Å². The van der Waals surface area contributed by atoms with Crippen molar-refractivity contribution in [2.75, 3.05) is 25.6 Å². The van der Waals surface area contributed by atoms with E-state index in [2.05, 4.69) is 11.9 Å². The fourth-order valence-electron chi connectivity index (χ4n) is 1.12. The van der Waals surface area contributed by atoms with Crippen molar-refractivity contribution < 1.29 is 14.3 Å². The van der Waals surface area contributed by atoms with E-state index >= 15 is 0 Å². The molecule has 4 nitrogen and oxygen atoms in total. The summed E-state index contributed by atoms with van der Waals surface area (Å²) in [7, 11) is 1.48. The van der Waals surface area contributed by atoms with E-state index < -0.39 is 0 Å². The molecule has 0 unspecified atom stereocenters. The van der Waals surface area contributed by atoms with E-state index in [9.17, 15) is 4.79 Å². The van der Waals surface area contributed by atoms with Crippen LogP contribution in [0.3, 0.4) is 0 Å². The number of nitrogens with one attached hydrogen (secondary N) is 1. The Bertz CT molecular complexity index is 346. The summed E-state index contributed by atoms with van der Waals surface area (Å²) in [6, 6.07) is 7.11. The highest BCUT2D eigenvalue weighted by Crippen LogP contribution is 2.15. The van der Waals surface area contributed by atoms with Gasteiger partial charge in [-0.15, -0.1) is 0 Å². The third kappa shape index (κ3) is 4.14. The van der Waals surface area contributed by atoms with Gasteiger partial charge < -0.3 is 14.8 Å². The van der Waals surface area contributed by atoms with Crippen LogP contribution in [0.2, 0.25) is 0 Å². The van der Waals surface area contributed by atoms with Gasteiger partial charge in [0, 0.05) is 12.8 Å². The van der Waals surface area contributed by atoms with Crippen molar-refractivity contribution in [1.82, 2.24) is 0 Å². The molecule has 0 fully saturated rings. The summed E-state index contributed by atoms with van der Waals surface area (Å²) in [5, 5.41) is 2.69. The smallest absolute Gasteiger partial charge is 0.250 e. The van der Waals surface area contributed by atoms with Gasteiger partial charge in [-0.2, -0.15) is 0 Å². The maximum atomic E-state index is 11.2. The highest BCUT2D eigenvalue weighted by atomic mass is 16.5. The minimum atomic E-state index is -0.178. The lowest BCUT2D eigenvalue weighted by atomic mass is 10.3. The van der Waals surface area contributed by atoms with Crippen LogP contribution in [0.4, 0.5) is 5.69 Å². The van der Waals surface area contributed by atoms with E-state index in [1.807, 2.05) is 0 Å². The monoisotopic (exact) mass is 221 g/mol. The van der Waals surface area contributed by atoms with Crippen LogP contribution < -0.4 is 10.1 Å².